The average Bonchev–Trinajstić information content (AvgIpc) is 3.09. The monoisotopic (exact) mass is 379 g/mol. The van der Waals surface area contributed by atoms with Crippen LogP contribution in [0.2, 0.25) is 0 Å². The van der Waals surface area contributed by atoms with Gasteiger partial charge in [0, 0.05) is 25.5 Å². The van der Waals surface area contributed by atoms with E-state index in [-0.39, 0.29) is 11.8 Å². The molecule has 1 unspecified atom stereocenters. The van der Waals surface area contributed by atoms with Crippen LogP contribution in [0.25, 0.3) is 10.4 Å². The van der Waals surface area contributed by atoms with Gasteiger partial charge < -0.3 is 10.2 Å². The molecule has 1 amide bonds. The lowest BCUT2D eigenvalue weighted by Gasteiger charge is -2.31. The summed E-state index contributed by atoms with van der Waals surface area (Å²) in [5.74, 6) is 0.613. The predicted molar refractivity (Wildman–Crippen MR) is 108 cm³/mol. The molecule has 1 saturated heterocycles. The van der Waals surface area contributed by atoms with Crippen LogP contribution in [0.4, 0.5) is 11.1 Å². The Kier molecular flexibility index (Phi) is 5.11. The van der Waals surface area contributed by atoms with Crippen LogP contribution in [0.15, 0.2) is 48.8 Å². The fourth-order valence-corrected chi connectivity index (χ4v) is 4.32. The summed E-state index contributed by atoms with van der Waals surface area (Å²) in [6.07, 6.45) is 5.28. The highest BCUT2D eigenvalue weighted by atomic mass is 32.1. The van der Waals surface area contributed by atoms with E-state index >= 15 is 0 Å². The Morgan fingerprint density at radius 1 is 1.19 bits per heavy atom. The first-order valence-corrected chi connectivity index (χ1v) is 9.88. The summed E-state index contributed by atoms with van der Waals surface area (Å²) in [4.78, 5) is 29.1. The van der Waals surface area contributed by atoms with Gasteiger partial charge >= 0.3 is 0 Å². The molecular formula is C20H21N5OS. The van der Waals surface area contributed by atoms with Crippen molar-refractivity contribution in [2.75, 3.05) is 23.3 Å². The normalized spacial score (nSPS) is 16.9. The molecule has 1 aromatic carbocycles. The molecule has 2 aromatic heterocycles. The van der Waals surface area contributed by atoms with E-state index in [4.69, 9.17) is 0 Å². The molecule has 0 bridgehead atoms. The number of amides is 1. The number of nitrogens with zero attached hydrogens (tertiary/aromatic N) is 4. The Balaban J connectivity index is 1.45. The second-order valence-corrected chi connectivity index (χ2v) is 7.62. The third-order valence-electron chi connectivity index (χ3n) is 4.69. The van der Waals surface area contributed by atoms with E-state index in [1.807, 2.05) is 25.1 Å². The highest BCUT2D eigenvalue weighted by Crippen LogP contribution is 2.33. The van der Waals surface area contributed by atoms with E-state index in [1.165, 1.54) is 11.3 Å². The van der Waals surface area contributed by atoms with E-state index in [9.17, 15) is 4.79 Å². The molecule has 3 aromatic rings. The number of aryl methyl sites for hydroxylation is 1. The van der Waals surface area contributed by atoms with Gasteiger partial charge in [0.15, 0.2) is 5.13 Å². The van der Waals surface area contributed by atoms with Crippen molar-refractivity contribution in [3.63, 3.8) is 0 Å². The quantitative estimate of drug-likeness (QED) is 0.747. The van der Waals surface area contributed by atoms with Crippen molar-refractivity contribution in [3.8, 4) is 10.4 Å². The maximum Gasteiger partial charge on any atom is 0.231 e. The highest BCUT2D eigenvalue weighted by molar-refractivity contribution is 7.19. The van der Waals surface area contributed by atoms with Gasteiger partial charge in [-0.3, -0.25) is 4.79 Å². The van der Waals surface area contributed by atoms with Crippen LogP contribution < -0.4 is 10.2 Å². The Morgan fingerprint density at radius 2 is 1.96 bits per heavy atom. The van der Waals surface area contributed by atoms with Crippen molar-refractivity contribution in [1.82, 2.24) is 15.0 Å². The fourth-order valence-electron chi connectivity index (χ4n) is 3.34. The molecule has 0 saturated carbocycles. The van der Waals surface area contributed by atoms with Crippen molar-refractivity contribution in [2.24, 2.45) is 5.92 Å². The zero-order valence-corrected chi connectivity index (χ0v) is 15.9. The van der Waals surface area contributed by atoms with Crippen LogP contribution in [0, 0.1) is 12.8 Å². The molecule has 1 aliphatic heterocycles. The van der Waals surface area contributed by atoms with Gasteiger partial charge in [0.05, 0.1) is 16.5 Å². The van der Waals surface area contributed by atoms with E-state index in [0.29, 0.717) is 17.6 Å². The van der Waals surface area contributed by atoms with Crippen LogP contribution in [0.3, 0.4) is 0 Å². The molecule has 3 heterocycles. The fraction of sp³-hybridized carbons (Fsp3) is 0.300. The molecule has 0 radical (unpaired) electrons. The number of carbonyl (C=O) groups is 1. The lowest BCUT2D eigenvalue weighted by Crippen LogP contribution is -2.41. The zero-order valence-electron chi connectivity index (χ0n) is 15.1. The van der Waals surface area contributed by atoms with Gasteiger partial charge in [0.25, 0.3) is 0 Å². The average molecular weight is 379 g/mol. The minimum absolute atomic E-state index is 0.0176. The Labute approximate surface area is 162 Å². The summed E-state index contributed by atoms with van der Waals surface area (Å²) in [5, 5.41) is 3.67. The molecule has 0 aliphatic carbocycles. The van der Waals surface area contributed by atoms with Gasteiger partial charge in [0.1, 0.15) is 0 Å². The zero-order chi connectivity index (χ0) is 18.6. The minimum atomic E-state index is -0.0908. The maximum atomic E-state index is 12.8. The van der Waals surface area contributed by atoms with Crippen LogP contribution >= 0.6 is 11.3 Å². The molecule has 1 aliphatic rings. The molecule has 1 atom stereocenters. The van der Waals surface area contributed by atoms with Crippen LogP contribution in [-0.4, -0.2) is 33.9 Å². The smallest absolute Gasteiger partial charge is 0.231 e. The molecule has 0 spiro atoms. The van der Waals surface area contributed by atoms with Crippen LogP contribution in [0.1, 0.15) is 18.5 Å². The summed E-state index contributed by atoms with van der Waals surface area (Å²) < 4.78 is 0. The second kappa shape index (κ2) is 7.84. The van der Waals surface area contributed by atoms with E-state index in [1.54, 1.807) is 18.5 Å². The maximum absolute atomic E-state index is 12.8. The summed E-state index contributed by atoms with van der Waals surface area (Å²) in [6.45, 7) is 3.48. The van der Waals surface area contributed by atoms with Gasteiger partial charge in [-0.1, -0.05) is 41.7 Å². The third kappa shape index (κ3) is 3.98. The van der Waals surface area contributed by atoms with Crippen LogP contribution in [0.5, 0.6) is 0 Å². The molecule has 7 heteroatoms. The minimum Gasteiger partial charge on any atom is -0.340 e. The standard InChI is InChI=1S/C20H21N5OS/c1-14-17(15-7-3-2-4-8-15)27-20(23-14)24-18(26)16-9-5-12-25(13-16)19-21-10-6-11-22-19/h2-4,6-8,10-11,16H,5,9,12-13H2,1H3,(H,23,24,26). The summed E-state index contributed by atoms with van der Waals surface area (Å²) in [6, 6.07) is 11.9. The first kappa shape index (κ1) is 17.6. The van der Waals surface area contributed by atoms with Crippen molar-refractivity contribution in [3.05, 3.63) is 54.5 Å². The van der Waals surface area contributed by atoms with Crippen molar-refractivity contribution in [1.29, 1.82) is 0 Å². The van der Waals surface area contributed by atoms with E-state index in [2.05, 4.69) is 37.3 Å². The number of carbonyl (C=O) groups excluding carboxylic acids is 1. The van der Waals surface area contributed by atoms with Gasteiger partial charge in [-0.25, -0.2) is 15.0 Å². The van der Waals surface area contributed by atoms with Crippen LogP contribution in [-0.2, 0) is 4.79 Å². The Bertz CT molecular complexity index is 913. The van der Waals surface area contributed by atoms with Crippen molar-refractivity contribution >= 4 is 28.3 Å². The molecular weight excluding hydrogens is 358 g/mol. The number of hydrogen-bond acceptors (Lipinski definition) is 6. The third-order valence-corrected chi connectivity index (χ3v) is 5.81. The first-order chi connectivity index (χ1) is 13.2. The molecule has 1 N–H and O–H groups in total. The topological polar surface area (TPSA) is 71.0 Å². The van der Waals surface area contributed by atoms with E-state index in [0.717, 1.165) is 35.5 Å². The molecule has 1 fully saturated rings. The number of anilines is 2. The number of benzene rings is 1. The molecule has 4 rings (SSSR count). The summed E-state index contributed by atoms with van der Waals surface area (Å²) in [7, 11) is 0. The Hall–Kier alpha value is -2.80. The van der Waals surface area contributed by atoms with Gasteiger partial charge in [-0.05, 0) is 31.4 Å². The molecule has 27 heavy (non-hydrogen) atoms. The predicted octanol–water partition coefficient (Wildman–Crippen LogP) is 3.76. The largest absolute Gasteiger partial charge is 0.340 e. The van der Waals surface area contributed by atoms with Gasteiger partial charge in [0.2, 0.25) is 11.9 Å². The van der Waals surface area contributed by atoms with Crippen molar-refractivity contribution in [2.45, 2.75) is 19.8 Å². The van der Waals surface area contributed by atoms with Gasteiger partial charge in [-0.15, -0.1) is 0 Å². The highest BCUT2D eigenvalue weighted by Gasteiger charge is 2.27. The van der Waals surface area contributed by atoms with Crippen molar-refractivity contribution < 1.29 is 4.79 Å². The Morgan fingerprint density at radius 3 is 2.74 bits per heavy atom. The number of nitrogens with one attached hydrogen (secondary N) is 1. The lowest BCUT2D eigenvalue weighted by molar-refractivity contribution is -0.120. The lowest BCUT2D eigenvalue weighted by atomic mass is 9.97. The SMILES string of the molecule is Cc1nc(NC(=O)C2CCCN(c3ncccn3)C2)sc1-c1ccccc1. The molecule has 138 valence electrons. The number of piperidine rings is 1. The summed E-state index contributed by atoms with van der Waals surface area (Å²) in [5.41, 5.74) is 2.06. The summed E-state index contributed by atoms with van der Waals surface area (Å²) >= 11 is 1.52. The number of hydrogen-bond donors (Lipinski definition) is 1. The van der Waals surface area contributed by atoms with E-state index < -0.39 is 0 Å². The number of aromatic nitrogens is 3. The molecule has 6 nitrogen and oxygen atoms in total. The van der Waals surface area contributed by atoms with Gasteiger partial charge in [-0.2, -0.15) is 0 Å². The number of thiazole rings is 1. The second-order valence-electron chi connectivity index (χ2n) is 6.62. The number of rotatable bonds is 4. The first-order valence-electron chi connectivity index (χ1n) is 9.06.